The fourth-order valence-electron chi connectivity index (χ4n) is 3.88. The van der Waals surface area contributed by atoms with Gasteiger partial charge in [0.25, 0.3) is 10.0 Å². The Morgan fingerprint density at radius 1 is 0.862 bits per heavy atom. The zero-order chi connectivity index (χ0) is 21.3. The lowest BCUT2D eigenvalue weighted by atomic mass is 9.89. The fraction of sp³-hybridized carbons (Fsp3) is 0.458. The van der Waals surface area contributed by atoms with Crippen LogP contribution in [0.5, 0.6) is 0 Å². The van der Waals surface area contributed by atoms with Gasteiger partial charge in [0, 0.05) is 5.56 Å². The van der Waals surface area contributed by atoms with Gasteiger partial charge in [0.2, 0.25) is 0 Å². The van der Waals surface area contributed by atoms with Crippen molar-refractivity contribution in [1.29, 1.82) is 0 Å². The van der Waals surface area contributed by atoms with Crippen molar-refractivity contribution >= 4 is 15.7 Å². The first-order valence-electron chi connectivity index (χ1n) is 10.5. The van der Waals surface area contributed by atoms with Gasteiger partial charge in [-0.2, -0.15) is 18.4 Å². The monoisotopic (exact) mass is 412 g/mol. The number of hydrogen-bond donors (Lipinski definition) is 1. The van der Waals surface area contributed by atoms with E-state index in [-0.39, 0.29) is 11.8 Å². The van der Waals surface area contributed by atoms with Crippen molar-refractivity contribution in [3.05, 3.63) is 64.2 Å². The van der Waals surface area contributed by atoms with Gasteiger partial charge in [-0.3, -0.25) is 0 Å². The number of hydrazone groups is 1. The van der Waals surface area contributed by atoms with Gasteiger partial charge in [-0.15, -0.1) is 0 Å². The summed E-state index contributed by atoms with van der Waals surface area (Å²) in [4.78, 5) is 2.95. The van der Waals surface area contributed by atoms with E-state index in [1.54, 1.807) is 0 Å². The highest BCUT2D eigenvalue weighted by atomic mass is 32.2. The second kappa shape index (κ2) is 8.31. The Labute approximate surface area is 175 Å². The maximum Gasteiger partial charge on any atom is 0.277 e. The Hall–Kier alpha value is -2.14. The first-order chi connectivity index (χ1) is 13.6. The van der Waals surface area contributed by atoms with Gasteiger partial charge < -0.3 is 0 Å². The van der Waals surface area contributed by atoms with Gasteiger partial charge in [0.15, 0.2) is 0 Å². The molecule has 0 radical (unpaired) electrons. The van der Waals surface area contributed by atoms with Crippen LogP contribution in [-0.2, 0) is 16.4 Å². The molecule has 29 heavy (non-hydrogen) atoms. The molecule has 0 unspecified atom stereocenters. The molecule has 5 heteroatoms. The van der Waals surface area contributed by atoms with Gasteiger partial charge in [-0.1, -0.05) is 77.9 Å². The number of sulfonamides is 1. The Bertz CT molecular complexity index is 1010. The molecule has 0 aliphatic heterocycles. The van der Waals surface area contributed by atoms with Crippen LogP contribution >= 0.6 is 0 Å². The minimum atomic E-state index is -3.78. The first-order valence-corrected chi connectivity index (χ1v) is 11.9. The topological polar surface area (TPSA) is 58.5 Å². The number of aryl methyl sites for hydroxylation is 1. The standard InChI is InChI=1S/C24H32N2O2S/c1-15(2)19-13-21(16(3)4)24(22(14-19)17(5)6)29(27,28)26-25-23-12-11-18-9-7-8-10-20(18)23/h7-10,13-17,26H,11-12H2,1-6H3. The molecule has 4 nitrogen and oxygen atoms in total. The summed E-state index contributed by atoms with van der Waals surface area (Å²) < 4.78 is 26.8. The number of hydrogen-bond acceptors (Lipinski definition) is 3. The molecule has 0 atom stereocenters. The van der Waals surface area contributed by atoms with E-state index in [0.717, 1.165) is 35.2 Å². The zero-order valence-electron chi connectivity index (χ0n) is 18.3. The summed E-state index contributed by atoms with van der Waals surface area (Å²) in [5, 5.41) is 4.35. The number of benzene rings is 2. The van der Waals surface area contributed by atoms with Crippen LogP contribution in [0.15, 0.2) is 46.4 Å². The lowest BCUT2D eigenvalue weighted by Gasteiger charge is -2.22. The van der Waals surface area contributed by atoms with E-state index in [1.807, 2.05) is 58.0 Å². The summed E-state index contributed by atoms with van der Waals surface area (Å²) in [6.45, 7) is 12.5. The number of nitrogens with zero attached hydrogens (tertiary/aromatic N) is 1. The molecule has 0 saturated heterocycles. The van der Waals surface area contributed by atoms with Crippen LogP contribution in [0.1, 0.15) is 93.5 Å². The van der Waals surface area contributed by atoms with Crippen molar-refractivity contribution in [2.24, 2.45) is 5.10 Å². The molecule has 2 aromatic carbocycles. The van der Waals surface area contributed by atoms with Gasteiger partial charge in [0.05, 0.1) is 10.6 Å². The molecule has 0 saturated carbocycles. The van der Waals surface area contributed by atoms with Crippen molar-refractivity contribution in [3.63, 3.8) is 0 Å². The molecule has 0 fully saturated rings. The third-order valence-electron chi connectivity index (χ3n) is 5.61. The Kier molecular flexibility index (Phi) is 6.18. The average Bonchev–Trinajstić information content (AvgIpc) is 3.08. The van der Waals surface area contributed by atoms with E-state index in [2.05, 4.69) is 29.8 Å². The molecule has 0 bridgehead atoms. The van der Waals surface area contributed by atoms with Crippen LogP contribution in [0.2, 0.25) is 0 Å². The smallest absolute Gasteiger partial charge is 0.200 e. The Morgan fingerprint density at radius 2 is 1.45 bits per heavy atom. The van der Waals surface area contributed by atoms with E-state index in [0.29, 0.717) is 10.8 Å². The molecule has 0 aromatic heterocycles. The van der Waals surface area contributed by atoms with Crippen molar-refractivity contribution in [2.75, 3.05) is 0 Å². The molecule has 2 aromatic rings. The lowest BCUT2D eigenvalue weighted by molar-refractivity contribution is 0.578. The SMILES string of the molecule is CC(C)c1cc(C(C)C)c(S(=O)(=O)NN=C2CCc3ccccc32)c(C(C)C)c1. The van der Waals surface area contributed by atoms with E-state index >= 15 is 0 Å². The van der Waals surface area contributed by atoms with Crippen LogP contribution in [0.25, 0.3) is 0 Å². The summed E-state index contributed by atoms with van der Waals surface area (Å²) in [5.41, 5.74) is 5.96. The third kappa shape index (κ3) is 4.40. The predicted molar refractivity (Wildman–Crippen MR) is 120 cm³/mol. The number of rotatable bonds is 6. The number of fused-ring (bicyclic) bond motifs is 1. The van der Waals surface area contributed by atoms with Gasteiger partial charge in [-0.05, 0) is 52.8 Å². The molecule has 0 amide bonds. The number of nitrogens with one attached hydrogen (secondary N) is 1. The van der Waals surface area contributed by atoms with E-state index in [1.165, 1.54) is 11.1 Å². The highest BCUT2D eigenvalue weighted by Gasteiger charge is 2.27. The largest absolute Gasteiger partial charge is 0.277 e. The van der Waals surface area contributed by atoms with E-state index in [4.69, 9.17) is 0 Å². The quantitative estimate of drug-likeness (QED) is 0.620. The molecule has 1 aliphatic rings. The van der Waals surface area contributed by atoms with Crippen molar-refractivity contribution in [1.82, 2.24) is 4.83 Å². The minimum Gasteiger partial charge on any atom is -0.200 e. The lowest BCUT2D eigenvalue weighted by Crippen LogP contribution is -2.24. The Balaban J connectivity index is 2.08. The summed E-state index contributed by atoms with van der Waals surface area (Å²) in [5.74, 6) is 0.528. The zero-order valence-corrected chi connectivity index (χ0v) is 19.1. The molecule has 156 valence electrons. The van der Waals surface area contributed by atoms with Gasteiger partial charge in [-0.25, -0.2) is 0 Å². The average molecular weight is 413 g/mol. The minimum absolute atomic E-state index is 0.0950. The molecule has 1 N–H and O–H groups in total. The Morgan fingerprint density at radius 3 is 2.00 bits per heavy atom. The van der Waals surface area contributed by atoms with Crippen LogP contribution in [0.3, 0.4) is 0 Å². The molecular weight excluding hydrogens is 380 g/mol. The van der Waals surface area contributed by atoms with Crippen LogP contribution in [-0.4, -0.2) is 14.1 Å². The first kappa shape index (κ1) is 21.6. The molecule has 3 rings (SSSR count). The second-order valence-corrected chi connectivity index (χ2v) is 10.4. The maximum absolute atomic E-state index is 13.4. The summed E-state index contributed by atoms with van der Waals surface area (Å²) in [7, 11) is -3.78. The van der Waals surface area contributed by atoms with E-state index < -0.39 is 10.0 Å². The van der Waals surface area contributed by atoms with Crippen molar-refractivity contribution in [2.45, 2.75) is 77.0 Å². The van der Waals surface area contributed by atoms with Crippen LogP contribution < -0.4 is 4.83 Å². The normalized spacial score (nSPS) is 15.6. The summed E-state index contributed by atoms with van der Waals surface area (Å²) in [6.07, 6.45) is 1.65. The molecule has 1 aliphatic carbocycles. The van der Waals surface area contributed by atoms with E-state index in [9.17, 15) is 8.42 Å². The predicted octanol–water partition coefficient (Wildman–Crippen LogP) is 5.69. The maximum atomic E-state index is 13.4. The molecular formula is C24H32N2O2S. The summed E-state index contributed by atoms with van der Waals surface area (Å²) >= 11 is 0. The second-order valence-electron chi connectivity index (χ2n) is 8.80. The van der Waals surface area contributed by atoms with Crippen LogP contribution in [0.4, 0.5) is 0 Å². The molecule has 0 spiro atoms. The highest BCUT2D eigenvalue weighted by Crippen LogP contribution is 2.35. The van der Waals surface area contributed by atoms with Gasteiger partial charge >= 0.3 is 0 Å². The fourth-order valence-corrected chi connectivity index (χ4v) is 5.42. The third-order valence-corrected chi connectivity index (χ3v) is 6.95. The molecule has 0 heterocycles. The van der Waals surface area contributed by atoms with Crippen molar-refractivity contribution < 1.29 is 8.42 Å². The van der Waals surface area contributed by atoms with Crippen molar-refractivity contribution in [3.8, 4) is 0 Å². The van der Waals surface area contributed by atoms with Gasteiger partial charge in [0.1, 0.15) is 0 Å². The highest BCUT2D eigenvalue weighted by molar-refractivity contribution is 7.89. The van der Waals surface area contributed by atoms with Crippen LogP contribution in [0, 0.1) is 0 Å². The summed E-state index contributed by atoms with van der Waals surface area (Å²) in [6, 6.07) is 12.1.